The third-order valence-electron chi connectivity index (χ3n) is 2.74. The molecule has 0 radical (unpaired) electrons. The van der Waals surface area contributed by atoms with E-state index in [2.05, 4.69) is 5.10 Å². The molecule has 1 heterocycles. The minimum Gasteiger partial charge on any atom is -0.486 e. The molecule has 0 aliphatic heterocycles. The fraction of sp³-hybridized carbons (Fsp3) is 0.286. The maximum atomic E-state index is 10.7. The minimum atomic E-state index is -0.933. The number of benzene rings is 1. The predicted octanol–water partition coefficient (Wildman–Crippen LogP) is 1.81. The molecule has 0 atom stereocenters. The molecule has 0 saturated carbocycles. The Morgan fingerprint density at radius 3 is 2.75 bits per heavy atom. The summed E-state index contributed by atoms with van der Waals surface area (Å²) in [5, 5.41) is 12.9. The highest BCUT2D eigenvalue weighted by atomic mass is 16.5. The predicted molar refractivity (Wildman–Crippen MR) is 71.8 cm³/mol. The average molecular weight is 276 g/mol. The molecule has 106 valence electrons. The van der Waals surface area contributed by atoms with Crippen molar-refractivity contribution in [3.63, 3.8) is 0 Å². The van der Waals surface area contributed by atoms with Crippen LogP contribution in [0.3, 0.4) is 0 Å². The van der Waals surface area contributed by atoms with Crippen LogP contribution >= 0.6 is 0 Å². The van der Waals surface area contributed by atoms with Gasteiger partial charge in [-0.1, -0.05) is 12.1 Å². The van der Waals surface area contributed by atoms with Crippen LogP contribution in [-0.2, 0) is 17.9 Å². The number of aromatic carboxylic acids is 1. The zero-order valence-electron chi connectivity index (χ0n) is 11.2. The van der Waals surface area contributed by atoms with Crippen LogP contribution in [0, 0.1) is 0 Å². The van der Waals surface area contributed by atoms with Gasteiger partial charge in [0.2, 0.25) is 0 Å². The van der Waals surface area contributed by atoms with Crippen molar-refractivity contribution in [1.82, 2.24) is 9.78 Å². The lowest BCUT2D eigenvalue weighted by atomic mass is 10.1. The second-order valence-corrected chi connectivity index (χ2v) is 4.22. The zero-order chi connectivity index (χ0) is 14.4. The SMILES string of the molecule is COCCn1cc(OCc2ccc(C(=O)O)cc2)cn1. The van der Waals surface area contributed by atoms with Crippen molar-refractivity contribution in [1.29, 1.82) is 0 Å². The van der Waals surface area contributed by atoms with E-state index in [1.54, 1.807) is 48.5 Å². The van der Waals surface area contributed by atoms with Gasteiger partial charge in [-0.3, -0.25) is 4.68 Å². The van der Waals surface area contributed by atoms with Gasteiger partial charge in [0.1, 0.15) is 6.61 Å². The first-order chi connectivity index (χ1) is 9.69. The Morgan fingerprint density at radius 2 is 2.10 bits per heavy atom. The lowest BCUT2D eigenvalue weighted by molar-refractivity contribution is 0.0697. The monoisotopic (exact) mass is 276 g/mol. The molecule has 1 N–H and O–H groups in total. The van der Waals surface area contributed by atoms with Gasteiger partial charge in [0.15, 0.2) is 5.75 Å². The lowest BCUT2D eigenvalue weighted by Gasteiger charge is -2.04. The van der Waals surface area contributed by atoms with E-state index in [-0.39, 0.29) is 5.56 Å². The van der Waals surface area contributed by atoms with Gasteiger partial charge >= 0.3 is 5.97 Å². The number of nitrogens with zero attached hydrogens (tertiary/aromatic N) is 2. The largest absolute Gasteiger partial charge is 0.486 e. The van der Waals surface area contributed by atoms with Gasteiger partial charge in [0.05, 0.1) is 31.1 Å². The second kappa shape index (κ2) is 6.72. The van der Waals surface area contributed by atoms with E-state index in [0.29, 0.717) is 25.5 Å². The van der Waals surface area contributed by atoms with Crippen LogP contribution in [0.5, 0.6) is 5.75 Å². The molecule has 0 aliphatic carbocycles. The smallest absolute Gasteiger partial charge is 0.335 e. The van der Waals surface area contributed by atoms with Crippen LogP contribution < -0.4 is 4.74 Å². The quantitative estimate of drug-likeness (QED) is 0.834. The fourth-order valence-corrected chi connectivity index (χ4v) is 1.64. The number of rotatable bonds is 7. The third kappa shape index (κ3) is 3.83. The van der Waals surface area contributed by atoms with Gasteiger partial charge in [-0.05, 0) is 17.7 Å². The van der Waals surface area contributed by atoms with Gasteiger partial charge < -0.3 is 14.6 Å². The molecule has 20 heavy (non-hydrogen) atoms. The summed E-state index contributed by atoms with van der Waals surface area (Å²) in [6, 6.07) is 6.59. The van der Waals surface area contributed by atoms with Crippen LogP contribution in [0.2, 0.25) is 0 Å². The molecule has 6 heteroatoms. The molecule has 2 aromatic rings. The highest BCUT2D eigenvalue weighted by Crippen LogP contribution is 2.12. The molecule has 0 saturated heterocycles. The first-order valence-electron chi connectivity index (χ1n) is 6.15. The van der Waals surface area contributed by atoms with E-state index in [4.69, 9.17) is 14.6 Å². The maximum Gasteiger partial charge on any atom is 0.335 e. The van der Waals surface area contributed by atoms with Crippen LogP contribution in [0.1, 0.15) is 15.9 Å². The van der Waals surface area contributed by atoms with E-state index in [9.17, 15) is 4.79 Å². The second-order valence-electron chi connectivity index (χ2n) is 4.22. The molecule has 0 fully saturated rings. The number of aromatic nitrogens is 2. The standard InChI is InChI=1S/C14H16N2O4/c1-19-7-6-16-9-13(8-15-16)20-10-11-2-4-12(5-3-11)14(17)18/h2-5,8-9H,6-7,10H2,1H3,(H,17,18). The van der Waals surface area contributed by atoms with Crippen molar-refractivity contribution in [3.05, 3.63) is 47.8 Å². The summed E-state index contributed by atoms with van der Waals surface area (Å²) in [4.78, 5) is 10.7. The molecule has 0 aliphatic rings. The highest BCUT2D eigenvalue weighted by Gasteiger charge is 2.03. The Balaban J connectivity index is 1.88. The first kappa shape index (κ1) is 14.1. The summed E-state index contributed by atoms with van der Waals surface area (Å²) in [5.41, 5.74) is 1.17. The van der Waals surface area contributed by atoms with E-state index in [1.165, 1.54) is 0 Å². The number of carboxylic acid groups (broad SMARTS) is 1. The molecule has 0 bridgehead atoms. The minimum absolute atomic E-state index is 0.265. The summed E-state index contributed by atoms with van der Waals surface area (Å²) < 4.78 is 12.3. The van der Waals surface area contributed by atoms with Gasteiger partial charge in [-0.2, -0.15) is 5.10 Å². The Hall–Kier alpha value is -2.34. The van der Waals surface area contributed by atoms with Crippen LogP contribution in [-0.4, -0.2) is 34.6 Å². The molecule has 6 nitrogen and oxygen atoms in total. The van der Waals surface area contributed by atoms with Crippen molar-refractivity contribution >= 4 is 5.97 Å². The van der Waals surface area contributed by atoms with E-state index in [0.717, 1.165) is 5.56 Å². The summed E-state index contributed by atoms with van der Waals surface area (Å²) in [7, 11) is 1.64. The summed E-state index contributed by atoms with van der Waals surface area (Å²) in [6.45, 7) is 1.64. The van der Waals surface area contributed by atoms with E-state index >= 15 is 0 Å². The molecule has 2 rings (SSSR count). The molecule has 0 amide bonds. The van der Waals surface area contributed by atoms with E-state index < -0.39 is 5.97 Å². The summed E-state index contributed by atoms with van der Waals surface area (Å²) in [6.07, 6.45) is 3.44. The van der Waals surface area contributed by atoms with Crippen LogP contribution in [0.25, 0.3) is 0 Å². The Morgan fingerprint density at radius 1 is 1.35 bits per heavy atom. The zero-order valence-corrected chi connectivity index (χ0v) is 11.2. The Labute approximate surface area is 116 Å². The number of carboxylic acids is 1. The summed E-state index contributed by atoms with van der Waals surface area (Å²) in [5.74, 6) is -0.264. The van der Waals surface area contributed by atoms with Crippen LogP contribution in [0.4, 0.5) is 0 Å². The topological polar surface area (TPSA) is 73.6 Å². The highest BCUT2D eigenvalue weighted by molar-refractivity contribution is 5.87. The van der Waals surface area contributed by atoms with Crippen molar-refractivity contribution in [3.8, 4) is 5.75 Å². The fourth-order valence-electron chi connectivity index (χ4n) is 1.64. The molecule has 1 aromatic carbocycles. The Kier molecular flexibility index (Phi) is 4.73. The van der Waals surface area contributed by atoms with Crippen molar-refractivity contribution in [2.75, 3.05) is 13.7 Å². The van der Waals surface area contributed by atoms with Crippen LogP contribution in [0.15, 0.2) is 36.7 Å². The molecular weight excluding hydrogens is 260 g/mol. The number of carbonyl (C=O) groups is 1. The van der Waals surface area contributed by atoms with Gasteiger partial charge in [-0.15, -0.1) is 0 Å². The number of hydrogen-bond donors (Lipinski definition) is 1. The maximum absolute atomic E-state index is 10.7. The number of hydrogen-bond acceptors (Lipinski definition) is 4. The molecule has 1 aromatic heterocycles. The summed E-state index contributed by atoms with van der Waals surface area (Å²) >= 11 is 0. The van der Waals surface area contributed by atoms with Gasteiger partial charge in [-0.25, -0.2) is 4.79 Å². The average Bonchev–Trinajstić information content (AvgIpc) is 2.91. The van der Waals surface area contributed by atoms with Gasteiger partial charge in [0, 0.05) is 7.11 Å². The van der Waals surface area contributed by atoms with E-state index in [1.807, 2.05) is 0 Å². The van der Waals surface area contributed by atoms with Crippen molar-refractivity contribution < 1.29 is 19.4 Å². The van der Waals surface area contributed by atoms with Crippen molar-refractivity contribution in [2.24, 2.45) is 0 Å². The third-order valence-corrected chi connectivity index (χ3v) is 2.74. The van der Waals surface area contributed by atoms with Gasteiger partial charge in [0.25, 0.3) is 0 Å². The number of ether oxygens (including phenoxy) is 2. The lowest BCUT2D eigenvalue weighted by Crippen LogP contribution is -2.04. The molecule has 0 unspecified atom stereocenters. The molecule has 0 spiro atoms. The van der Waals surface area contributed by atoms with Crippen molar-refractivity contribution in [2.45, 2.75) is 13.2 Å². The Bertz CT molecular complexity index is 563. The number of methoxy groups -OCH3 is 1. The first-order valence-corrected chi connectivity index (χ1v) is 6.15. The molecular formula is C14H16N2O4. The normalized spacial score (nSPS) is 10.4.